The second-order valence-corrected chi connectivity index (χ2v) is 35.0. The Kier molecular flexibility index (Phi) is 12.0. The molecule has 13 aromatic carbocycles. The van der Waals surface area contributed by atoms with E-state index in [0.29, 0.717) is 50.6 Å². The van der Waals surface area contributed by atoms with Crippen LogP contribution in [0.15, 0.2) is 297 Å². The number of aromatic nitrogens is 5. The van der Waals surface area contributed by atoms with Crippen molar-refractivity contribution < 1.29 is 56.4 Å². The van der Waals surface area contributed by atoms with Crippen LogP contribution >= 0.6 is 0 Å². The maximum Gasteiger partial charge on any atom is 0.268 e. The number of ether oxygens (including phenoxy) is 1. The average molecular weight is 1610 g/mol. The molecule has 6 nitrogen and oxygen atoms in total. The molecule has 0 atom stereocenters. The minimum absolute atomic E-state index is 0. The van der Waals surface area contributed by atoms with Crippen molar-refractivity contribution in [1.29, 1.82) is 0 Å². The van der Waals surface area contributed by atoms with Gasteiger partial charge in [0.25, 0.3) is 6.33 Å². The van der Waals surface area contributed by atoms with Crippen LogP contribution in [0.4, 0.5) is 0 Å². The van der Waals surface area contributed by atoms with Crippen LogP contribution in [0.25, 0.3) is 122 Å². The Balaban J connectivity index is 0.0000109. The average Bonchev–Trinajstić information content (AvgIpc) is 1.33. The third kappa shape index (κ3) is 11.0. The second kappa shape index (κ2) is 25.8. The third-order valence-corrected chi connectivity index (χ3v) is 26.1. The van der Waals surface area contributed by atoms with E-state index in [2.05, 4.69) is 174 Å². The summed E-state index contributed by atoms with van der Waals surface area (Å²) in [6, 6.07) is 46.3. The fourth-order valence-electron chi connectivity index (χ4n) is 16.4. The summed E-state index contributed by atoms with van der Waals surface area (Å²) in [5.41, 5.74) is 12.9. The van der Waals surface area contributed by atoms with E-state index in [9.17, 15) is 21.9 Å². The van der Waals surface area contributed by atoms with Crippen molar-refractivity contribution >= 4 is 83.5 Å². The summed E-state index contributed by atoms with van der Waals surface area (Å²) in [6.45, 7) is 22.3. The van der Waals surface area contributed by atoms with E-state index >= 15 is 0 Å². The van der Waals surface area contributed by atoms with Crippen molar-refractivity contribution in [3.63, 3.8) is 0 Å². The van der Waals surface area contributed by atoms with Crippen LogP contribution in [-0.4, -0.2) is 26.8 Å². The number of para-hydroxylation sites is 3. The molecular weight excluding hydrogens is 1510 g/mol. The van der Waals surface area contributed by atoms with E-state index in [-0.39, 0.29) is 48.6 Å². The molecule has 1 aliphatic heterocycles. The maximum atomic E-state index is 11.3. The zero-order chi connectivity index (χ0) is 89.4. The van der Waals surface area contributed by atoms with Gasteiger partial charge < -0.3 is 18.4 Å². The van der Waals surface area contributed by atoms with Gasteiger partial charge >= 0.3 is 0 Å². The molecule has 0 N–H and O–H groups in total. The Labute approximate surface area is 675 Å². The van der Waals surface area contributed by atoms with Crippen molar-refractivity contribution in [2.24, 2.45) is 0 Å². The molecule has 530 valence electrons. The van der Waals surface area contributed by atoms with Gasteiger partial charge in [-0.3, -0.25) is 4.57 Å². The van der Waals surface area contributed by atoms with Crippen molar-refractivity contribution in [2.45, 2.75) is 104 Å². The number of hydrogen-bond acceptors (Lipinski definition) is 2. The van der Waals surface area contributed by atoms with Gasteiger partial charge in [0.2, 0.25) is 0 Å². The van der Waals surface area contributed by atoms with Gasteiger partial charge in [-0.2, -0.15) is 18.2 Å². The number of hydrogen-bond donors (Lipinski definition) is 0. The van der Waals surface area contributed by atoms with Gasteiger partial charge in [-0.25, -0.2) is 4.98 Å². The molecule has 17 aromatic rings. The fourth-order valence-corrected chi connectivity index (χ4v) is 20.0. The number of fused-ring (bicyclic) bond motifs is 14. The van der Waals surface area contributed by atoms with E-state index < -0.39 is 155 Å². The molecule has 1 aliphatic carbocycles. The largest absolute Gasteiger partial charge is 0.510 e. The molecule has 108 heavy (non-hydrogen) atoms. The SMILES string of the molecule is [2H]c1c([2H])c([2H])c([Si](c2c([2H])c([2H])c([2H])c([2H])c2[2H])(c2c([2H])c([2H])c([2H])c([2H])c2[2H])c2c([2H])c([2H])c([2H])c(-c3cc4c5c(c3)n(-c3[c-]c(Oc6[c-]c7c(cc6)c6ccccc6n7-c6cc(C(C)(C)C)ccn6)ccc3)[c-][n+]5-c3c(cc(C(C)(C)C)cc3-n3c5ccccc5c5ccccc53)-c3cc5c(cc3-c3ccccc3-4)C(C)(C)CCC5(C)C)c2[2H])c([2H])c1[2H].[Pt]. The van der Waals surface area contributed by atoms with E-state index in [1.54, 1.807) is 22.8 Å². The third-order valence-electron chi connectivity index (χ3n) is 22.1. The number of rotatable bonds is 10. The van der Waals surface area contributed by atoms with Gasteiger partial charge in [-0.15, -0.1) is 29.7 Å². The summed E-state index contributed by atoms with van der Waals surface area (Å²) >= 11 is 0. The fraction of sp³-hybridized carbons (Fsp3) is 0.160. The number of nitrogens with zero attached hydrogens (tertiary/aromatic N) is 5. The van der Waals surface area contributed by atoms with E-state index in [1.807, 2.05) is 91.1 Å². The van der Waals surface area contributed by atoms with Gasteiger partial charge in [0.1, 0.15) is 5.82 Å². The zero-order valence-electron chi connectivity index (χ0n) is 80.2. The first-order valence-corrected chi connectivity index (χ1v) is 38.2. The molecule has 0 spiro atoms. The molecule has 0 unspecified atom stereocenters. The van der Waals surface area contributed by atoms with Crippen LogP contribution in [0.1, 0.15) is 130 Å². The standard InChI is InChI=1S/C100H83N5OSi.Pt/c1-97(2,3)67-50-53-101-94(59-67)105-90-47-27-24-44-80(90)81-49-48-71(61-91(81)105)106-70-32-29-31-69(60-70)102-64-103-95-84(55-66(56-92(95)102)65-30-28-39-75(54-65)107(72-33-14-11-15-34-72,73-35-16-12-17-36-73)74-37-18-13-19-38-74)77-41-21-20-40-76(77)82-62-86-87(100(9,10)52-51-99(86,7)8)63-83(82)85-57-68(98(4,5)6)58-93(96(85)103)104-88-45-25-22-42-78(88)79-43-23-26-46-89(79)104;/h11-50,53-59,62-63H,51-52H2,1-10H3;/q-2;/i11D,12D,13D,14D,15D,16D,17D,18D,19D,28D,30D,33D,34D,35D,36D,37D,38D,39D,54D;. The van der Waals surface area contributed by atoms with Crippen molar-refractivity contribution in [2.75, 3.05) is 0 Å². The second-order valence-electron chi connectivity index (χ2n) is 31.5. The van der Waals surface area contributed by atoms with E-state index in [0.717, 1.165) is 95.6 Å². The van der Waals surface area contributed by atoms with Crippen LogP contribution in [0.5, 0.6) is 11.5 Å². The Morgan fingerprint density at radius 1 is 0.454 bits per heavy atom. The molecule has 0 saturated heterocycles. The summed E-state index contributed by atoms with van der Waals surface area (Å²) in [6.07, 6.45) is 7.56. The van der Waals surface area contributed by atoms with Gasteiger partial charge in [0, 0.05) is 55.1 Å². The molecular formula is C100H83N5OPtSi-2. The molecule has 0 bridgehead atoms. The Bertz CT molecular complexity index is 7380. The molecule has 8 heteroatoms. The van der Waals surface area contributed by atoms with Crippen LogP contribution in [0.2, 0.25) is 0 Å². The predicted molar refractivity (Wildman–Crippen MR) is 446 cm³/mol. The summed E-state index contributed by atoms with van der Waals surface area (Å²) in [5, 5.41) is 0.117. The van der Waals surface area contributed by atoms with Crippen LogP contribution in [0.3, 0.4) is 0 Å². The van der Waals surface area contributed by atoms with Crippen molar-refractivity contribution in [3.05, 3.63) is 338 Å². The van der Waals surface area contributed by atoms with Crippen LogP contribution < -0.4 is 30.1 Å². The van der Waals surface area contributed by atoms with Crippen LogP contribution in [0, 0.1) is 18.5 Å². The van der Waals surface area contributed by atoms with E-state index in [4.69, 9.17) is 13.8 Å². The molecule has 0 fully saturated rings. The Morgan fingerprint density at radius 2 is 0.991 bits per heavy atom. The van der Waals surface area contributed by atoms with Gasteiger partial charge in [-0.05, 0) is 182 Å². The Morgan fingerprint density at radius 3 is 1.59 bits per heavy atom. The van der Waals surface area contributed by atoms with Crippen LogP contribution in [-0.2, 0) is 42.7 Å². The molecule has 0 saturated carbocycles. The summed E-state index contributed by atoms with van der Waals surface area (Å²) in [7, 11) is -6.35. The number of imidazole rings is 1. The minimum atomic E-state index is -6.35. The minimum Gasteiger partial charge on any atom is -0.510 e. The first-order chi connectivity index (χ1) is 59.7. The molecule has 2 aliphatic rings. The Hall–Kier alpha value is -11.2. The molecule has 4 aromatic heterocycles. The topological polar surface area (TPSA) is 40.8 Å². The molecule has 0 amide bonds. The molecule has 19 rings (SSSR count). The smallest absolute Gasteiger partial charge is 0.268 e. The quantitative estimate of drug-likeness (QED) is 0.0593. The zero-order valence-corrected chi connectivity index (χ0v) is 64.5. The van der Waals surface area contributed by atoms with Gasteiger partial charge in [0.15, 0.2) is 8.07 Å². The van der Waals surface area contributed by atoms with Gasteiger partial charge in [-0.1, -0.05) is 287 Å². The van der Waals surface area contributed by atoms with Gasteiger partial charge in [0.05, 0.1) is 59.5 Å². The molecule has 5 heterocycles. The van der Waals surface area contributed by atoms with Crippen molar-refractivity contribution in [1.82, 2.24) is 18.7 Å². The first kappa shape index (κ1) is 50.4. The number of benzene rings is 13. The predicted octanol–water partition coefficient (Wildman–Crippen LogP) is 22.0. The summed E-state index contributed by atoms with van der Waals surface area (Å²) < 4.78 is 202. The number of pyridine rings is 1. The monoisotopic (exact) mass is 1610 g/mol. The first-order valence-electron chi connectivity index (χ1n) is 45.7. The maximum absolute atomic E-state index is 11.3. The summed E-state index contributed by atoms with van der Waals surface area (Å²) in [5.74, 6) is 1.26. The summed E-state index contributed by atoms with van der Waals surface area (Å²) in [4.78, 5) is 4.94. The van der Waals surface area contributed by atoms with Crippen molar-refractivity contribution in [3.8, 4) is 78.9 Å². The molecule has 0 radical (unpaired) electrons. The van der Waals surface area contributed by atoms with E-state index in [1.165, 1.54) is 5.56 Å². The normalized spacial score (nSPS) is 16.3.